The zero-order chi connectivity index (χ0) is 14.3. The molecule has 0 aliphatic carbocycles. The van der Waals surface area contributed by atoms with E-state index in [0.717, 1.165) is 18.2 Å². The van der Waals surface area contributed by atoms with E-state index in [9.17, 15) is 9.59 Å². The molecule has 1 rings (SSSR count). The summed E-state index contributed by atoms with van der Waals surface area (Å²) in [5.74, 6) is -1.01. The lowest BCUT2D eigenvalue weighted by molar-refractivity contribution is -0.134. The topological polar surface area (TPSA) is 97.1 Å². The van der Waals surface area contributed by atoms with E-state index < -0.39 is 5.97 Å². The Balaban J connectivity index is 2.42. The van der Waals surface area contributed by atoms with Crippen LogP contribution in [0.2, 0.25) is 0 Å². The maximum atomic E-state index is 11.6. The summed E-state index contributed by atoms with van der Waals surface area (Å²) >= 11 is 1.09. The minimum Gasteiger partial charge on any atom is -0.481 e. The zero-order valence-electron chi connectivity index (χ0n) is 11.0. The van der Waals surface area contributed by atoms with Crippen LogP contribution in [0.5, 0.6) is 0 Å². The molecule has 0 fully saturated rings. The number of carbonyl (C=O) groups is 2. The smallest absolute Gasteiger partial charge is 0.313 e. The standard InChI is InChI=1S/C11H18N4O3S/c1-3-8(2)13-9(16)4-5-15-7-12-14-11(15)19-6-10(17)18/h7-8H,3-6H2,1-2H3,(H,13,16)(H,17,18). The normalized spacial score (nSPS) is 12.1. The van der Waals surface area contributed by atoms with Crippen molar-refractivity contribution < 1.29 is 14.7 Å². The van der Waals surface area contributed by atoms with Crippen molar-refractivity contribution in [1.29, 1.82) is 0 Å². The number of aryl methyl sites for hydroxylation is 1. The molecule has 7 nitrogen and oxygen atoms in total. The van der Waals surface area contributed by atoms with Crippen molar-refractivity contribution in [3.63, 3.8) is 0 Å². The van der Waals surface area contributed by atoms with E-state index in [-0.39, 0.29) is 17.7 Å². The van der Waals surface area contributed by atoms with Crippen LogP contribution in [0.15, 0.2) is 11.5 Å². The maximum absolute atomic E-state index is 11.6. The molecular formula is C11H18N4O3S. The largest absolute Gasteiger partial charge is 0.481 e. The Kier molecular flexibility index (Phi) is 6.34. The fourth-order valence-corrected chi connectivity index (χ4v) is 1.97. The second-order valence-corrected chi connectivity index (χ2v) is 5.06. The third kappa shape index (κ3) is 5.73. The Morgan fingerprint density at radius 3 is 2.95 bits per heavy atom. The van der Waals surface area contributed by atoms with Crippen LogP contribution in [0.4, 0.5) is 0 Å². The summed E-state index contributed by atoms with van der Waals surface area (Å²) in [6, 6.07) is 0.161. The Morgan fingerprint density at radius 2 is 2.32 bits per heavy atom. The first kappa shape index (κ1) is 15.5. The lowest BCUT2D eigenvalue weighted by Crippen LogP contribution is -2.32. The minimum absolute atomic E-state index is 0.0303. The van der Waals surface area contributed by atoms with Gasteiger partial charge < -0.3 is 15.0 Å². The van der Waals surface area contributed by atoms with E-state index in [1.54, 1.807) is 4.57 Å². The zero-order valence-corrected chi connectivity index (χ0v) is 11.8. The van der Waals surface area contributed by atoms with E-state index in [0.29, 0.717) is 18.1 Å². The quantitative estimate of drug-likeness (QED) is 0.685. The summed E-state index contributed by atoms with van der Waals surface area (Å²) < 4.78 is 1.68. The van der Waals surface area contributed by atoms with Gasteiger partial charge in [0.1, 0.15) is 6.33 Å². The molecule has 0 saturated carbocycles. The summed E-state index contributed by atoms with van der Waals surface area (Å²) in [7, 11) is 0. The van der Waals surface area contributed by atoms with E-state index in [1.807, 2.05) is 13.8 Å². The van der Waals surface area contributed by atoms with E-state index >= 15 is 0 Å². The fraction of sp³-hybridized carbons (Fsp3) is 0.636. The fourth-order valence-electron chi connectivity index (χ4n) is 1.31. The molecule has 0 bridgehead atoms. The second-order valence-electron chi connectivity index (χ2n) is 4.12. The number of rotatable bonds is 8. The first-order chi connectivity index (χ1) is 9.02. The molecule has 106 valence electrons. The highest BCUT2D eigenvalue weighted by molar-refractivity contribution is 7.99. The monoisotopic (exact) mass is 286 g/mol. The number of carboxylic acid groups (broad SMARTS) is 1. The van der Waals surface area contributed by atoms with E-state index in [4.69, 9.17) is 5.11 Å². The van der Waals surface area contributed by atoms with Gasteiger partial charge in [-0.3, -0.25) is 9.59 Å². The van der Waals surface area contributed by atoms with Gasteiger partial charge in [-0.05, 0) is 13.3 Å². The average molecular weight is 286 g/mol. The number of aliphatic carboxylic acids is 1. The van der Waals surface area contributed by atoms with Crippen molar-refractivity contribution in [3.05, 3.63) is 6.33 Å². The average Bonchev–Trinajstić information content (AvgIpc) is 2.81. The van der Waals surface area contributed by atoms with E-state index in [1.165, 1.54) is 6.33 Å². The number of aromatic nitrogens is 3. The Labute approximate surface area is 115 Å². The predicted molar refractivity (Wildman–Crippen MR) is 70.9 cm³/mol. The van der Waals surface area contributed by atoms with Crippen LogP contribution in [0.1, 0.15) is 26.7 Å². The van der Waals surface area contributed by atoms with Crippen LogP contribution in [-0.4, -0.2) is 43.5 Å². The number of carboxylic acids is 1. The molecule has 1 unspecified atom stereocenters. The number of carbonyl (C=O) groups excluding carboxylic acids is 1. The highest BCUT2D eigenvalue weighted by atomic mass is 32.2. The highest BCUT2D eigenvalue weighted by Gasteiger charge is 2.10. The van der Waals surface area contributed by atoms with Crippen molar-refractivity contribution in [2.45, 2.75) is 44.4 Å². The number of amides is 1. The van der Waals surface area contributed by atoms with Gasteiger partial charge in [0.2, 0.25) is 5.91 Å². The van der Waals surface area contributed by atoms with Gasteiger partial charge in [0.25, 0.3) is 0 Å². The number of hydrogen-bond donors (Lipinski definition) is 2. The molecule has 1 aromatic heterocycles. The summed E-state index contributed by atoms with van der Waals surface area (Å²) in [5, 5.41) is 19.5. The first-order valence-electron chi connectivity index (χ1n) is 6.04. The first-order valence-corrected chi connectivity index (χ1v) is 7.03. The SMILES string of the molecule is CCC(C)NC(=O)CCn1cnnc1SCC(=O)O. The summed E-state index contributed by atoms with van der Waals surface area (Å²) in [6.07, 6.45) is 2.71. The molecule has 0 aliphatic rings. The van der Waals surface area contributed by atoms with Gasteiger partial charge in [-0.1, -0.05) is 18.7 Å². The Bertz CT molecular complexity index is 435. The molecule has 1 heterocycles. The molecule has 0 saturated heterocycles. The molecular weight excluding hydrogens is 268 g/mol. The van der Waals surface area contributed by atoms with Crippen molar-refractivity contribution >= 4 is 23.6 Å². The molecule has 1 aromatic rings. The van der Waals surface area contributed by atoms with Crippen LogP contribution in [0.3, 0.4) is 0 Å². The van der Waals surface area contributed by atoms with Crippen LogP contribution < -0.4 is 5.32 Å². The van der Waals surface area contributed by atoms with Crippen molar-refractivity contribution in [3.8, 4) is 0 Å². The third-order valence-electron chi connectivity index (χ3n) is 2.50. The second kappa shape index (κ2) is 7.78. The van der Waals surface area contributed by atoms with Gasteiger partial charge in [0.05, 0.1) is 5.75 Å². The minimum atomic E-state index is -0.908. The molecule has 0 radical (unpaired) electrons. The third-order valence-corrected chi connectivity index (χ3v) is 3.47. The molecule has 8 heteroatoms. The van der Waals surface area contributed by atoms with Crippen LogP contribution in [-0.2, 0) is 16.1 Å². The molecule has 0 aromatic carbocycles. The van der Waals surface area contributed by atoms with Gasteiger partial charge in [-0.15, -0.1) is 10.2 Å². The molecule has 1 atom stereocenters. The van der Waals surface area contributed by atoms with Gasteiger partial charge in [0.15, 0.2) is 5.16 Å². The number of hydrogen-bond acceptors (Lipinski definition) is 5. The molecule has 1 amide bonds. The Morgan fingerprint density at radius 1 is 1.58 bits per heavy atom. The molecule has 0 aliphatic heterocycles. The van der Waals surface area contributed by atoms with Crippen molar-refractivity contribution in [1.82, 2.24) is 20.1 Å². The summed E-state index contributed by atoms with van der Waals surface area (Å²) in [6.45, 7) is 4.40. The lowest BCUT2D eigenvalue weighted by atomic mass is 10.2. The number of nitrogens with zero attached hydrogens (tertiary/aromatic N) is 3. The lowest BCUT2D eigenvalue weighted by Gasteiger charge is -2.11. The van der Waals surface area contributed by atoms with Crippen LogP contribution in [0.25, 0.3) is 0 Å². The Hall–Kier alpha value is -1.57. The molecule has 2 N–H and O–H groups in total. The van der Waals surface area contributed by atoms with E-state index in [2.05, 4.69) is 15.5 Å². The number of nitrogens with one attached hydrogen (secondary N) is 1. The summed E-state index contributed by atoms with van der Waals surface area (Å²) in [4.78, 5) is 22.1. The van der Waals surface area contributed by atoms with Gasteiger partial charge in [0, 0.05) is 19.0 Å². The number of thioether (sulfide) groups is 1. The van der Waals surface area contributed by atoms with Gasteiger partial charge in [-0.2, -0.15) is 0 Å². The molecule has 19 heavy (non-hydrogen) atoms. The summed E-state index contributed by atoms with van der Waals surface area (Å²) in [5.41, 5.74) is 0. The van der Waals surface area contributed by atoms with Crippen LogP contribution >= 0.6 is 11.8 Å². The van der Waals surface area contributed by atoms with Crippen molar-refractivity contribution in [2.24, 2.45) is 0 Å². The highest BCUT2D eigenvalue weighted by Crippen LogP contribution is 2.14. The predicted octanol–water partition coefficient (Wildman–Crippen LogP) is 0.760. The maximum Gasteiger partial charge on any atom is 0.313 e. The molecule has 0 spiro atoms. The van der Waals surface area contributed by atoms with Crippen LogP contribution in [0, 0.1) is 0 Å². The van der Waals surface area contributed by atoms with Gasteiger partial charge >= 0.3 is 5.97 Å². The van der Waals surface area contributed by atoms with Crippen molar-refractivity contribution in [2.75, 3.05) is 5.75 Å². The van der Waals surface area contributed by atoms with Gasteiger partial charge in [-0.25, -0.2) is 0 Å².